The molecule has 0 bridgehead atoms. The van der Waals surface area contributed by atoms with Crippen LogP contribution < -0.4 is 19.6 Å². The highest BCUT2D eigenvalue weighted by molar-refractivity contribution is 6.30. The molecule has 0 unspecified atom stereocenters. The van der Waals surface area contributed by atoms with Crippen molar-refractivity contribution in [2.75, 3.05) is 19.6 Å². The van der Waals surface area contributed by atoms with Crippen molar-refractivity contribution >= 4 is 133 Å². The molecule has 0 aromatic heterocycles. The van der Waals surface area contributed by atoms with Crippen molar-refractivity contribution in [2.45, 2.75) is 55.4 Å². The van der Waals surface area contributed by atoms with Gasteiger partial charge in [-0.1, -0.05) is 324 Å². The van der Waals surface area contributed by atoms with Crippen LogP contribution in [0.4, 0.5) is 103 Å². The van der Waals surface area contributed by atoms with Crippen molar-refractivity contribution in [3.05, 3.63) is 528 Å². The molecule has 4 nitrogen and oxygen atoms in total. The molecule has 0 aliphatic carbocycles. The summed E-state index contributed by atoms with van der Waals surface area (Å²) in [7, 11) is 0. The fraction of sp³-hybridized carbons (Fsp3) is 0.0588. The number of halogens is 8. The van der Waals surface area contributed by atoms with E-state index < -0.39 is 46.5 Å². The first-order valence-electron chi connectivity index (χ1n) is 49.4. The highest BCUT2D eigenvalue weighted by Crippen LogP contribution is 2.55. The summed E-state index contributed by atoms with van der Waals surface area (Å²) in [4.78, 5) is 7.29. The lowest BCUT2D eigenvalue weighted by molar-refractivity contribution is 0.510. The van der Waals surface area contributed by atoms with Gasteiger partial charge in [0.2, 0.25) is 0 Å². The van der Waals surface area contributed by atoms with Crippen LogP contribution >= 0.6 is 0 Å². The number of benzene rings is 24. The summed E-state index contributed by atoms with van der Waals surface area (Å²) in [6, 6.07) is 139. The van der Waals surface area contributed by atoms with E-state index >= 15 is 35.1 Å². The molecule has 0 aliphatic rings. The van der Waals surface area contributed by atoms with Gasteiger partial charge in [0.25, 0.3) is 0 Å². The minimum absolute atomic E-state index is 0.0444. The van der Waals surface area contributed by atoms with Gasteiger partial charge in [-0.2, -0.15) is 0 Å². The van der Waals surface area contributed by atoms with Crippen molar-refractivity contribution < 1.29 is 35.1 Å². The zero-order chi connectivity index (χ0) is 102. The van der Waals surface area contributed by atoms with Gasteiger partial charge >= 0.3 is 0 Å². The molecule has 0 heterocycles. The lowest BCUT2D eigenvalue weighted by atomic mass is 9.91. The highest BCUT2D eigenvalue weighted by Gasteiger charge is 2.32. The Bertz CT molecular complexity index is 8160. The third-order valence-corrected chi connectivity index (χ3v) is 28.4. The SMILES string of the molecule is Cc1cccc(-c2cc(-c3cccc(C)c3)cc(N(c3cc(F)ccc3F)c3ccc4ccc5c(N(c6cc(-c7cccc(C)c7)cc(-c7cccc(C)c7)c6)c6cc(F)ccc6F)ccc6ccc3c4c65)c2)c1.Cc1cccc(-c2cc(-c3cccc(C)c3)cc(N(c3cccc(F)c3F)c3ccc4ccc5c(N(c6cc(-c7cccc(C)c7)cc(-c7cccc(C)c7)c6)c6cccc(F)c6F)ccc6ccc3c4c65)c2)c1. The quantitative estimate of drug-likeness (QED) is 0.0557. The lowest BCUT2D eigenvalue weighted by Crippen LogP contribution is -2.14. The second-order valence-corrected chi connectivity index (χ2v) is 38.9. The maximum absolute atomic E-state index is 16.7. The summed E-state index contributed by atoms with van der Waals surface area (Å²) in [5, 5.41) is 10.3. The van der Waals surface area contributed by atoms with Crippen LogP contribution in [0, 0.1) is 102 Å². The Kier molecular flexibility index (Phi) is 24.4. The molecule has 0 saturated heterocycles. The van der Waals surface area contributed by atoms with Crippen molar-refractivity contribution in [1.29, 1.82) is 0 Å². The van der Waals surface area contributed by atoms with Crippen molar-refractivity contribution in [3.8, 4) is 89.0 Å². The number of aryl methyl sites for hydroxylation is 8. The molecule has 24 aromatic carbocycles. The molecule has 24 aromatic rings. The number of nitrogens with zero attached hydrogens (tertiary/aromatic N) is 4. The molecule has 0 spiro atoms. The Labute approximate surface area is 854 Å². The van der Waals surface area contributed by atoms with Gasteiger partial charge < -0.3 is 19.6 Å². The first-order valence-corrected chi connectivity index (χ1v) is 49.4. The molecule has 0 aliphatic heterocycles. The Morgan fingerprint density at radius 1 is 0.142 bits per heavy atom. The summed E-state index contributed by atoms with van der Waals surface area (Å²) in [6.45, 7) is 16.4. The van der Waals surface area contributed by atoms with E-state index in [0.29, 0.717) is 45.5 Å². The smallest absolute Gasteiger partial charge is 0.182 e. The van der Waals surface area contributed by atoms with Gasteiger partial charge in [-0.3, -0.25) is 0 Å². The second kappa shape index (κ2) is 38.6. The molecule has 0 N–H and O–H groups in total. The van der Waals surface area contributed by atoms with Gasteiger partial charge in [-0.15, -0.1) is 0 Å². The average molecular weight is 1940 g/mol. The van der Waals surface area contributed by atoms with Crippen molar-refractivity contribution in [1.82, 2.24) is 0 Å². The largest absolute Gasteiger partial charge is 0.307 e. The minimum Gasteiger partial charge on any atom is -0.307 e. The average Bonchev–Trinajstić information content (AvgIpc) is 0.717. The Hall–Kier alpha value is -18.0. The third-order valence-electron chi connectivity index (χ3n) is 28.4. The molecule has 24 rings (SSSR count). The third kappa shape index (κ3) is 17.9. The van der Waals surface area contributed by atoms with Crippen molar-refractivity contribution in [2.24, 2.45) is 0 Å². The monoisotopic (exact) mass is 1940 g/mol. The maximum Gasteiger partial charge on any atom is 0.182 e. The van der Waals surface area contributed by atoms with Gasteiger partial charge in [0.05, 0.1) is 45.5 Å². The first kappa shape index (κ1) is 93.6. The van der Waals surface area contributed by atoms with Crippen LogP contribution in [-0.4, -0.2) is 0 Å². The van der Waals surface area contributed by atoms with Gasteiger partial charge in [0, 0.05) is 56.4 Å². The van der Waals surface area contributed by atoms with Crippen LogP contribution in [0.25, 0.3) is 154 Å². The molecule has 0 saturated carbocycles. The highest BCUT2D eigenvalue weighted by atomic mass is 19.2. The first-order chi connectivity index (χ1) is 71.9. The predicted molar refractivity (Wildman–Crippen MR) is 600 cm³/mol. The fourth-order valence-electron chi connectivity index (χ4n) is 21.5. The normalized spacial score (nSPS) is 11.5. The van der Waals surface area contributed by atoms with Crippen LogP contribution in [0.15, 0.2) is 437 Å². The molecular weight excluding hydrogens is 1840 g/mol. The predicted octanol–water partition coefficient (Wildman–Crippen LogP) is 40.0. The number of anilines is 12. The van der Waals surface area contributed by atoms with E-state index in [1.54, 1.807) is 12.1 Å². The molecule has 716 valence electrons. The van der Waals surface area contributed by atoms with Crippen LogP contribution in [0.5, 0.6) is 0 Å². The molecule has 0 fully saturated rings. The van der Waals surface area contributed by atoms with Gasteiger partial charge in [-0.25, -0.2) is 35.1 Å². The van der Waals surface area contributed by atoms with Crippen LogP contribution in [0.1, 0.15) is 44.5 Å². The van der Waals surface area contributed by atoms with Crippen molar-refractivity contribution in [3.63, 3.8) is 0 Å². The van der Waals surface area contributed by atoms with Gasteiger partial charge in [0.1, 0.15) is 23.3 Å². The zero-order valence-corrected chi connectivity index (χ0v) is 82.4. The minimum atomic E-state index is -0.982. The summed E-state index contributed by atoms with van der Waals surface area (Å²) in [5.74, 6) is -6.25. The summed E-state index contributed by atoms with van der Waals surface area (Å²) >= 11 is 0. The van der Waals surface area contributed by atoms with E-state index in [4.69, 9.17) is 0 Å². The molecule has 0 amide bonds. The second-order valence-electron chi connectivity index (χ2n) is 38.9. The molecule has 148 heavy (non-hydrogen) atoms. The number of hydrogen-bond acceptors (Lipinski definition) is 4. The Morgan fingerprint density at radius 3 is 0.547 bits per heavy atom. The summed E-state index contributed by atoms with van der Waals surface area (Å²) in [5.41, 5.74) is 29.1. The van der Waals surface area contributed by atoms with E-state index in [2.05, 4.69) is 225 Å². The maximum atomic E-state index is 16.7. The van der Waals surface area contributed by atoms with E-state index in [9.17, 15) is 0 Å². The van der Waals surface area contributed by atoms with Crippen LogP contribution in [0.3, 0.4) is 0 Å². The summed E-state index contributed by atoms with van der Waals surface area (Å²) < 4.78 is 129. The molecular formula is C136H96F8N4. The zero-order valence-electron chi connectivity index (χ0n) is 82.4. The fourth-order valence-corrected chi connectivity index (χ4v) is 21.5. The topological polar surface area (TPSA) is 13.0 Å². The van der Waals surface area contributed by atoms with E-state index in [1.165, 1.54) is 36.4 Å². The molecule has 12 heteroatoms. The van der Waals surface area contributed by atoms with Crippen LogP contribution in [-0.2, 0) is 0 Å². The van der Waals surface area contributed by atoms with Gasteiger partial charge in [0.15, 0.2) is 23.3 Å². The van der Waals surface area contributed by atoms with E-state index in [1.807, 2.05) is 214 Å². The van der Waals surface area contributed by atoms with Gasteiger partial charge in [-0.05, 0) is 333 Å². The summed E-state index contributed by atoms with van der Waals surface area (Å²) in [6.07, 6.45) is 0. The Morgan fingerprint density at radius 2 is 0.338 bits per heavy atom. The standard InChI is InChI=1S/2C68H48F4N2/c1-41-11-5-15-47(31-41)51-35-52(48-16-6-12-42(2)32-48)38-55(37-51)73(63-21-9-19-59(69)67(63)71)61-29-25-45-24-28-58-62(30-26-46-23-27-57(61)65(45)66(46)58)74(64-22-10-20-60(70)68(64)72)56-39-53(49-17-7-13-43(3)33-49)36-54(40-56)50-18-8-14-44(4)34-50;1-41-9-5-13-47(29-41)51-33-52(48-14-6-10-42(2)30-48)36-57(35-51)73(65-39-55(69)21-25-61(65)71)63-27-19-45-18-24-60-64(28-20-46-17-23-59(63)67(45)68(46)60)74(66-40-56(70)22-26-62(66)72)58-37-53(49-15-7-11-43(3)31-49)34-54(38-58)50-16-8-12-44(4)32-50/h2*5-40H,1-4H3. The molecule has 0 radical (unpaired) electrons. The Balaban J connectivity index is 0.000000163. The van der Waals surface area contributed by atoms with Crippen LogP contribution in [0.2, 0.25) is 0 Å². The van der Waals surface area contributed by atoms with E-state index in [-0.39, 0.29) is 22.7 Å². The molecule has 0 atom stereocenters. The lowest BCUT2D eigenvalue weighted by Gasteiger charge is -2.30. The van der Waals surface area contributed by atoms with E-state index in [0.717, 1.165) is 222 Å². The number of hydrogen-bond donors (Lipinski definition) is 0. The number of rotatable bonds is 20.